The first kappa shape index (κ1) is 16.2. The van der Waals surface area contributed by atoms with Gasteiger partial charge in [0.25, 0.3) is 0 Å². The Hall–Kier alpha value is -0.840. The molecule has 1 amide bonds. The highest BCUT2D eigenvalue weighted by molar-refractivity contribution is 9.12. The van der Waals surface area contributed by atoms with Crippen molar-refractivity contribution >= 4 is 28.3 Å². The molecule has 0 fully saturated rings. The van der Waals surface area contributed by atoms with Crippen LogP contribution >= 0.6 is 15.9 Å². The molecule has 0 aromatic heterocycles. The maximum absolute atomic E-state index is 11.6. The van der Waals surface area contributed by atoms with Gasteiger partial charge in [-0.1, -0.05) is 13.8 Å². The summed E-state index contributed by atoms with van der Waals surface area (Å²) in [6.45, 7) is 9.30. The minimum Gasteiger partial charge on any atom is -0.444 e. The molecule has 0 aromatic rings. The lowest BCUT2D eigenvalue weighted by Gasteiger charge is -2.24. The van der Waals surface area contributed by atoms with E-state index in [0.717, 1.165) is 0 Å². The van der Waals surface area contributed by atoms with E-state index in [0.29, 0.717) is 10.8 Å². The normalized spacial score (nSPS) is 14.4. The number of hydrogen-bond acceptors (Lipinski definition) is 3. The van der Waals surface area contributed by atoms with Crippen molar-refractivity contribution in [3.05, 3.63) is 10.6 Å². The van der Waals surface area contributed by atoms with Crippen molar-refractivity contribution in [3.63, 3.8) is 0 Å². The number of amides is 1. The Balaban J connectivity index is 4.57. The lowest BCUT2D eigenvalue weighted by molar-refractivity contribution is -0.104. The van der Waals surface area contributed by atoms with Gasteiger partial charge in [-0.15, -0.1) is 0 Å². The van der Waals surface area contributed by atoms with E-state index < -0.39 is 11.7 Å². The number of carbonyl (C=O) groups excluding carboxylic acids is 2. The lowest BCUT2D eigenvalue weighted by Crippen LogP contribution is -2.40. The minimum atomic E-state index is -0.531. The quantitative estimate of drug-likeness (QED) is 0.641. The van der Waals surface area contributed by atoms with E-state index in [1.54, 1.807) is 26.8 Å². The van der Waals surface area contributed by atoms with Gasteiger partial charge in [-0.2, -0.15) is 0 Å². The summed E-state index contributed by atoms with van der Waals surface area (Å²) in [6, 6.07) is -0.246. The van der Waals surface area contributed by atoms with Gasteiger partial charge >= 0.3 is 6.09 Å². The van der Waals surface area contributed by atoms with Crippen molar-refractivity contribution < 1.29 is 14.3 Å². The van der Waals surface area contributed by atoms with Crippen LogP contribution in [0, 0.1) is 5.92 Å². The number of carbonyl (C=O) groups is 2. The smallest absolute Gasteiger partial charge is 0.408 e. The Kier molecular flexibility index (Phi) is 6.45. The molecule has 0 spiro atoms. The highest BCUT2D eigenvalue weighted by atomic mass is 79.9. The number of ether oxygens (including phenoxy) is 1. The predicted molar refractivity (Wildman–Crippen MR) is 71.1 cm³/mol. The van der Waals surface area contributed by atoms with Gasteiger partial charge in [-0.05, 0) is 48.7 Å². The number of aldehydes is 1. The number of rotatable bonds is 4. The number of allylic oxidation sites excluding steroid dienone is 1. The molecule has 0 aliphatic heterocycles. The molecule has 0 saturated carbocycles. The van der Waals surface area contributed by atoms with Crippen LogP contribution in [-0.2, 0) is 9.53 Å². The van der Waals surface area contributed by atoms with Crippen molar-refractivity contribution in [1.29, 1.82) is 0 Å². The van der Waals surface area contributed by atoms with Gasteiger partial charge in [0.2, 0.25) is 0 Å². The summed E-state index contributed by atoms with van der Waals surface area (Å²) in [6.07, 6.45) is 1.85. The maximum atomic E-state index is 11.6. The summed E-state index contributed by atoms with van der Waals surface area (Å²) >= 11 is 3.10. The zero-order valence-electron chi connectivity index (χ0n) is 10.9. The van der Waals surface area contributed by atoms with Crippen molar-refractivity contribution in [3.8, 4) is 0 Å². The second-order valence-corrected chi connectivity index (χ2v) is 6.00. The molecular formula is C12H20BrNO3. The fourth-order valence-corrected chi connectivity index (χ4v) is 1.34. The van der Waals surface area contributed by atoms with Crippen LogP contribution in [0.3, 0.4) is 0 Å². The topological polar surface area (TPSA) is 55.4 Å². The summed E-state index contributed by atoms with van der Waals surface area (Å²) in [5.74, 6) is 0.162. The number of hydrogen-bond donors (Lipinski definition) is 1. The molecule has 0 aliphatic carbocycles. The Morgan fingerprint density at radius 2 is 1.88 bits per heavy atom. The molecule has 4 nitrogen and oxygen atoms in total. The fraction of sp³-hybridized carbons (Fsp3) is 0.667. The van der Waals surface area contributed by atoms with E-state index in [1.807, 2.05) is 13.8 Å². The average Bonchev–Trinajstić information content (AvgIpc) is 2.13. The Bertz CT molecular complexity index is 305. The SMILES string of the molecule is CC(C)C(C=C(Br)C=O)NC(=O)OC(C)(C)C. The Morgan fingerprint density at radius 3 is 2.24 bits per heavy atom. The van der Waals surface area contributed by atoms with E-state index in [9.17, 15) is 9.59 Å². The summed E-state index contributed by atoms with van der Waals surface area (Å²) in [5.41, 5.74) is -0.531. The molecule has 0 heterocycles. The zero-order valence-corrected chi connectivity index (χ0v) is 12.5. The van der Waals surface area contributed by atoms with Gasteiger partial charge in [0.05, 0.1) is 10.5 Å². The number of alkyl carbamates (subject to hydrolysis) is 1. The van der Waals surface area contributed by atoms with E-state index in [-0.39, 0.29) is 12.0 Å². The van der Waals surface area contributed by atoms with Crippen LogP contribution in [-0.4, -0.2) is 24.0 Å². The molecule has 1 N–H and O–H groups in total. The first-order valence-electron chi connectivity index (χ1n) is 5.47. The maximum Gasteiger partial charge on any atom is 0.408 e. The summed E-state index contributed by atoms with van der Waals surface area (Å²) in [5, 5.41) is 2.71. The highest BCUT2D eigenvalue weighted by Crippen LogP contribution is 2.12. The van der Waals surface area contributed by atoms with Crippen LogP contribution in [0.15, 0.2) is 10.6 Å². The molecule has 0 rings (SSSR count). The third-order valence-corrected chi connectivity index (χ3v) is 2.30. The van der Waals surface area contributed by atoms with Crippen LogP contribution in [0.5, 0.6) is 0 Å². The van der Waals surface area contributed by atoms with Gasteiger partial charge < -0.3 is 10.1 Å². The van der Waals surface area contributed by atoms with Gasteiger partial charge in [-0.25, -0.2) is 4.79 Å². The Labute approximate surface area is 111 Å². The minimum absolute atomic E-state index is 0.162. The summed E-state index contributed by atoms with van der Waals surface area (Å²) < 4.78 is 5.56. The predicted octanol–water partition coefficient (Wildman–Crippen LogP) is 3.01. The van der Waals surface area contributed by atoms with E-state index in [1.165, 1.54) is 0 Å². The van der Waals surface area contributed by atoms with Gasteiger partial charge in [-0.3, -0.25) is 4.79 Å². The van der Waals surface area contributed by atoms with Crippen molar-refractivity contribution in [2.45, 2.75) is 46.3 Å². The highest BCUT2D eigenvalue weighted by Gasteiger charge is 2.20. The standard InChI is InChI=1S/C12H20BrNO3/c1-8(2)10(6-9(13)7-15)14-11(16)17-12(3,4)5/h6-8,10H,1-5H3,(H,14,16). The molecule has 0 saturated heterocycles. The van der Waals surface area contributed by atoms with Crippen LogP contribution in [0.1, 0.15) is 34.6 Å². The molecule has 0 aliphatic rings. The van der Waals surface area contributed by atoms with Crippen molar-refractivity contribution in [2.24, 2.45) is 5.92 Å². The molecule has 0 aromatic carbocycles. The van der Waals surface area contributed by atoms with E-state index >= 15 is 0 Å². The van der Waals surface area contributed by atoms with Gasteiger partial charge in [0.15, 0.2) is 6.29 Å². The molecule has 0 radical (unpaired) electrons. The third kappa shape index (κ3) is 7.96. The molecule has 17 heavy (non-hydrogen) atoms. The summed E-state index contributed by atoms with van der Waals surface area (Å²) in [4.78, 5) is 22.1. The second-order valence-electron chi connectivity index (χ2n) is 5.09. The molecule has 5 heteroatoms. The molecule has 1 unspecified atom stereocenters. The van der Waals surface area contributed by atoms with Crippen LogP contribution in [0.25, 0.3) is 0 Å². The monoisotopic (exact) mass is 305 g/mol. The van der Waals surface area contributed by atoms with Crippen molar-refractivity contribution in [1.82, 2.24) is 5.32 Å². The van der Waals surface area contributed by atoms with Gasteiger partial charge in [0, 0.05) is 0 Å². The molecule has 98 valence electrons. The van der Waals surface area contributed by atoms with E-state index in [2.05, 4.69) is 21.2 Å². The summed E-state index contributed by atoms with van der Waals surface area (Å²) in [7, 11) is 0. The first-order chi connectivity index (χ1) is 7.65. The van der Waals surface area contributed by atoms with Crippen molar-refractivity contribution in [2.75, 3.05) is 0 Å². The van der Waals surface area contributed by atoms with Crippen LogP contribution in [0.2, 0.25) is 0 Å². The lowest BCUT2D eigenvalue weighted by atomic mass is 10.0. The first-order valence-corrected chi connectivity index (χ1v) is 6.27. The molecule has 0 bridgehead atoms. The van der Waals surface area contributed by atoms with Gasteiger partial charge in [0.1, 0.15) is 5.60 Å². The zero-order chi connectivity index (χ0) is 13.6. The largest absolute Gasteiger partial charge is 0.444 e. The van der Waals surface area contributed by atoms with Crippen LogP contribution in [0.4, 0.5) is 4.79 Å². The number of nitrogens with one attached hydrogen (secondary N) is 1. The second kappa shape index (κ2) is 6.79. The van der Waals surface area contributed by atoms with Crippen LogP contribution < -0.4 is 5.32 Å². The third-order valence-electron chi connectivity index (χ3n) is 1.85. The fourth-order valence-electron chi connectivity index (χ4n) is 1.06. The van der Waals surface area contributed by atoms with E-state index in [4.69, 9.17) is 4.74 Å². The Morgan fingerprint density at radius 1 is 1.35 bits per heavy atom. The molecule has 1 atom stereocenters. The average molecular weight is 306 g/mol. The molecular weight excluding hydrogens is 286 g/mol. The number of halogens is 1.